The molecule has 6 nitrogen and oxygen atoms in total. The standard InChI is InChI=1S/C13H10BrN3O3/c1-19-12(18)11-8-5-16-13(15)17-10(8)7-4-6(14)2-3-9(7)20-11/h2-5,11H,1H3,(H2,15,16,17)/t11-/m1/s1. The van der Waals surface area contributed by atoms with Gasteiger partial charge >= 0.3 is 5.97 Å². The van der Waals surface area contributed by atoms with Crippen LogP contribution in [0.25, 0.3) is 11.3 Å². The van der Waals surface area contributed by atoms with Crippen molar-refractivity contribution in [1.82, 2.24) is 9.97 Å². The fourth-order valence-electron chi connectivity index (χ4n) is 2.07. The molecule has 0 unspecified atom stereocenters. The van der Waals surface area contributed by atoms with Gasteiger partial charge in [-0.05, 0) is 18.2 Å². The molecule has 7 heteroatoms. The third-order valence-electron chi connectivity index (χ3n) is 2.97. The first-order valence-electron chi connectivity index (χ1n) is 5.77. The van der Waals surface area contributed by atoms with Crippen molar-refractivity contribution in [3.8, 4) is 17.0 Å². The van der Waals surface area contributed by atoms with E-state index >= 15 is 0 Å². The van der Waals surface area contributed by atoms with E-state index in [2.05, 4.69) is 25.9 Å². The van der Waals surface area contributed by atoms with Gasteiger partial charge in [-0.15, -0.1) is 0 Å². The normalized spacial score (nSPS) is 15.8. The second-order valence-corrected chi connectivity index (χ2v) is 5.11. The van der Waals surface area contributed by atoms with Crippen LogP contribution in [0.3, 0.4) is 0 Å². The van der Waals surface area contributed by atoms with Gasteiger partial charge in [0.15, 0.2) is 0 Å². The highest BCUT2D eigenvalue weighted by atomic mass is 79.9. The number of esters is 1. The van der Waals surface area contributed by atoms with Crippen molar-refractivity contribution in [2.24, 2.45) is 0 Å². The topological polar surface area (TPSA) is 87.3 Å². The van der Waals surface area contributed by atoms with E-state index < -0.39 is 12.1 Å². The van der Waals surface area contributed by atoms with E-state index in [-0.39, 0.29) is 5.95 Å². The van der Waals surface area contributed by atoms with Gasteiger partial charge in [0.2, 0.25) is 12.1 Å². The summed E-state index contributed by atoms with van der Waals surface area (Å²) in [6, 6.07) is 5.44. The minimum Gasteiger partial charge on any atom is -0.473 e. The number of carbonyl (C=O) groups excluding carboxylic acids is 1. The van der Waals surface area contributed by atoms with Crippen LogP contribution in [0.2, 0.25) is 0 Å². The Kier molecular flexibility index (Phi) is 3.06. The maximum atomic E-state index is 11.8. The molecule has 0 saturated heterocycles. The fourth-order valence-corrected chi connectivity index (χ4v) is 2.44. The number of aromatic nitrogens is 2. The van der Waals surface area contributed by atoms with Gasteiger partial charge in [0.25, 0.3) is 0 Å². The van der Waals surface area contributed by atoms with E-state index in [1.807, 2.05) is 12.1 Å². The summed E-state index contributed by atoms with van der Waals surface area (Å²) in [5, 5.41) is 0. The van der Waals surface area contributed by atoms with E-state index in [0.29, 0.717) is 17.0 Å². The van der Waals surface area contributed by atoms with Crippen molar-refractivity contribution in [1.29, 1.82) is 0 Å². The molecule has 3 rings (SSSR count). The second-order valence-electron chi connectivity index (χ2n) is 4.19. The van der Waals surface area contributed by atoms with Gasteiger partial charge in [-0.2, -0.15) is 0 Å². The zero-order chi connectivity index (χ0) is 14.3. The number of methoxy groups -OCH3 is 1. The lowest BCUT2D eigenvalue weighted by Crippen LogP contribution is -2.25. The van der Waals surface area contributed by atoms with E-state index in [9.17, 15) is 4.79 Å². The Morgan fingerprint density at radius 3 is 3.05 bits per heavy atom. The molecule has 0 spiro atoms. The minimum absolute atomic E-state index is 0.139. The SMILES string of the molecule is COC(=O)[C@@H]1Oc2ccc(Br)cc2-c2nc(N)ncc21. The molecule has 0 saturated carbocycles. The van der Waals surface area contributed by atoms with Gasteiger partial charge in [0, 0.05) is 21.8 Å². The number of benzene rings is 1. The molecule has 1 aliphatic rings. The zero-order valence-corrected chi connectivity index (χ0v) is 12.0. The fraction of sp³-hybridized carbons (Fsp3) is 0.154. The first-order chi connectivity index (χ1) is 9.60. The molecule has 0 amide bonds. The summed E-state index contributed by atoms with van der Waals surface area (Å²) in [4.78, 5) is 20.0. The maximum absolute atomic E-state index is 11.8. The van der Waals surface area contributed by atoms with Crippen LogP contribution >= 0.6 is 15.9 Å². The van der Waals surface area contributed by atoms with Gasteiger partial charge in [-0.3, -0.25) is 0 Å². The minimum atomic E-state index is -0.885. The summed E-state index contributed by atoms with van der Waals surface area (Å²) < 4.78 is 11.3. The van der Waals surface area contributed by atoms with Crippen LogP contribution in [0, 0.1) is 0 Å². The summed E-state index contributed by atoms with van der Waals surface area (Å²) in [7, 11) is 1.31. The molecule has 0 aliphatic carbocycles. The molecule has 1 aliphatic heterocycles. The van der Waals surface area contributed by atoms with Gasteiger partial charge in [0.05, 0.1) is 12.8 Å². The smallest absolute Gasteiger partial charge is 0.351 e. The largest absolute Gasteiger partial charge is 0.473 e. The predicted octanol–water partition coefficient (Wildman–Crippen LogP) is 2.09. The van der Waals surface area contributed by atoms with Crippen LogP contribution in [-0.2, 0) is 9.53 Å². The number of fused-ring (bicyclic) bond motifs is 3. The predicted molar refractivity (Wildman–Crippen MR) is 75.0 cm³/mol. The van der Waals surface area contributed by atoms with Crippen molar-refractivity contribution in [2.45, 2.75) is 6.10 Å². The lowest BCUT2D eigenvalue weighted by Gasteiger charge is -2.26. The molecule has 102 valence electrons. The number of hydrogen-bond acceptors (Lipinski definition) is 6. The Hall–Kier alpha value is -2.15. The summed E-state index contributed by atoms with van der Waals surface area (Å²) in [5.74, 6) is 0.183. The third-order valence-corrected chi connectivity index (χ3v) is 3.47. The Bertz CT molecular complexity index is 705. The molecule has 0 bridgehead atoms. The summed E-state index contributed by atoms with van der Waals surface area (Å²) in [6.07, 6.45) is 0.604. The van der Waals surface area contributed by atoms with Crippen molar-refractivity contribution >= 4 is 27.8 Å². The number of carbonyl (C=O) groups is 1. The lowest BCUT2D eigenvalue weighted by atomic mass is 9.99. The van der Waals surface area contributed by atoms with Crippen molar-refractivity contribution in [3.05, 3.63) is 34.4 Å². The van der Waals surface area contributed by atoms with E-state index in [4.69, 9.17) is 15.2 Å². The molecule has 2 N–H and O–H groups in total. The number of nitrogen functional groups attached to an aromatic ring is 1. The molecule has 2 aromatic rings. The molecular weight excluding hydrogens is 326 g/mol. The average molecular weight is 336 g/mol. The first kappa shape index (κ1) is 12.9. The molecule has 2 heterocycles. The quantitative estimate of drug-likeness (QED) is 0.803. The van der Waals surface area contributed by atoms with Gasteiger partial charge in [-0.25, -0.2) is 14.8 Å². The van der Waals surface area contributed by atoms with E-state index in [1.165, 1.54) is 13.3 Å². The van der Waals surface area contributed by atoms with Crippen molar-refractivity contribution in [3.63, 3.8) is 0 Å². The van der Waals surface area contributed by atoms with Crippen molar-refractivity contribution in [2.75, 3.05) is 12.8 Å². The van der Waals surface area contributed by atoms with Crippen molar-refractivity contribution < 1.29 is 14.3 Å². The highest BCUT2D eigenvalue weighted by molar-refractivity contribution is 9.10. The average Bonchev–Trinajstić information content (AvgIpc) is 2.45. The maximum Gasteiger partial charge on any atom is 0.351 e. The molecule has 20 heavy (non-hydrogen) atoms. The summed E-state index contributed by atoms with van der Waals surface area (Å²) >= 11 is 3.40. The summed E-state index contributed by atoms with van der Waals surface area (Å²) in [6.45, 7) is 0. The Balaban J connectivity index is 2.23. The lowest BCUT2D eigenvalue weighted by molar-refractivity contribution is -0.149. The van der Waals surface area contributed by atoms with E-state index in [0.717, 1.165) is 10.0 Å². The van der Waals surface area contributed by atoms with Crippen LogP contribution in [0.5, 0.6) is 5.75 Å². The molecule has 0 radical (unpaired) electrons. The second kappa shape index (κ2) is 4.75. The van der Waals surface area contributed by atoms with E-state index in [1.54, 1.807) is 6.07 Å². The molecule has 0 fully saturated rings. The van der Waals surface area contributed by atoms with Crippen LogP contribution in [0.1, 0.15) is 11.7 Å². The number of hydrogen-bond donors (Lipinski definition) is 1. The number of ether oxygens (including phenoxy) is 2. The monoisotopic (exact) mass is 335 g/mol. The highest BCUT2D eigenvalue weighted by Crippen LogP contribution is 2.42. The molecule has 1 aromatic carbocycles. The number of rotatable bonds is 1. The summed E-state index contributed by atoms with van der Waals surface area (Å²) in [5.41, 5.74) is 7.51. The Morgan fingerprint density at radius 2 is 2.30 bits per heavy atom. The van der Waals surface area contributed by atoms with Gasteiger partial charge < -0.3 is 15.2 Å². The Labute approximate surface area is 123 Å². The molecular formula is C13H10BrN3O3. The van der Waals surface area contributed by atoms with Crippen LogP contribution < -0.4 is 10.5 Å². The molecule has 1 aromatic heterocycles. The zero-order valence-electron chi connectivity index (χ0n) is 10.5. The number of nitrogens with two attached hydrogens (primary N) is 1. The number of nitrogens with zero attached hydrogens (tertiary/aromatic N) is 2. The Morgan fingerprint density at radius 1 is 1.50 bits per heavy atom. The number of anilines is 1. The first-order valence-corrected chi connectivity index (χ1v) is 6.56. The third kappa shape index (κ3) is 2.00. The number of halogens is 1. The van der Waals surface area contributed by atoms with Crippen LogP contribution in [0.15, 0.2) is 28.9 Å². The highest BCUT2D eigenvalue weighted by Gasteiger charge is 2.33. The molecule has 1 atom stereocenters. The van der Waals surface area contributed by atoms with Gasteiger partial charge in [0.1, 0.15) is 5.75 Å². The van der Waals surface area contributed by atoms with Crippen LogP contribution in [0.4, 0.5) is 5.95 Å². The van der Waals surface area contributed by atoms with Crippen LogP contribution in [-0.4, -0.2) is 23.0 Å². The van der Waals surface area contributed by atoms with Gasteiger partial charge in [-0.1, -0.05) is 15.9 Å².